The minimum absolute atomic E-state index is 0.0285. The molecule has 4 nitrogen and oxygen atoms in total. The lowest BCUT2D eigenvalue weighted by Crippen LogP contribution is -2.41. The molecule has 0 aromatic heterocycles. The average molecular weight is 389 g/mol. The van der Waals surface area contributed by atoms with Crippen molar-refractivity contribution in [2.24, 2.45) is 11.8 Å². The van der Waals surface area contributed by atoms with Gasteiger partial charge >= 0.3 is 0 Å². The number of hydrogen-bond acceptors (Lipinski definition) is 3. The Morgan fingerprint density at radius 3 is 2.97 bits per heavy atom. The number of nitrogens with one attached hydrogen (secondary N) is 1. The quantitative estimate of drug-likeness (QED) is 0.745. The number of benzene rings is 2. The van der Waals surface area contributed by atoms with Gasteiger partial charge in [0.2, 0.25) is 5.91 Å². The first-order chi connectivity index (χ1) is 14.1. The zero-order valence-corrected chi connectivity index (χ0v) is 17.0. The normalized spacial score (nSPS) is 31.6. The van der Waals surface area contributed by atoms with Gasteiger partial charge in [0.15, 0.2) is 0 Å². The van der Waals surface area contributed by atoms with Crippen LogP contribution in [0.25, 0.3) is 11.1 Å². The summed E-state index contributed by atoms with van der Waals surface area (Å²) in [5.41, 5.74) is 7.14. The topological polar surface area (TPSA) is 41.6 Å². The van der Waals surface area contributed by atoms with Gasteiger partial charge in [-0.1, -0.05) is 42.5 Å². The van der Waals surface area contributed by atoms with Crippen molar-refractivity contribution < 1.29 is 9.53 Å². The Morgan fingerprint density at radius 2 is 2.07 bits per heavy atom. The first kappa shape index (κ1) is 17.7. The van der Waals surface area contributed by atoms with Crippen LogP contribution in [0.1, 0.15) is 36.5 Å². The molecule has 6 rings (SSSR count). The predicted molar refractivity (Wildman–Crippen MR) is 112 cm³/mol. The number of fused-ring (bicyclic) bond motifs is 4. The number of carbonyl (C=O) groups is 1. The van der Waals surface area contributed by atoms with E-state index in [1.165, 1.54) is 34.2 Å². The highest BCUT2D eigenvalue weighted by atomic mass is 16.5. The lowest BCUT2D eigenvalue weighted by molar-refractivity contribution is -0.119. The Morgan fingerprint density at radius 1 is 1.21 bits per heavy atom. The average Bonchev–Trinajstić information content (AvgIpc) is 3.43. The molecule has 3 aliphatic heterocycles. The maximum atomic E-state index is 11.4. The molecule has 2 aromatic rings. The summed E-state index contributed by atoms with van der Waals surface area (Å²) in [6.45, 7) is 5.47. The van der Waals surface area contributed by atoms with Gasteiger partial charge in [-0.2, -0.15) is 0 Å². The lowest BCUT2D eigenvalue weighted by atomic mass is 9.73. The van der Waals surface area contributed by atoms with Crippen LogP contribution in [0.2, 0.25) is 0 Å². The van der Waals surface area contributed by atoms with E-state index in [1.54, 1.807) is 6.92 Å². The second kappa shape index (κ2) is 6.41. The third-order valence-electron chi connectivity index (χ3n) is 7.71. The van der Waals surface area contributed by atoms with Crippen LogP contribution in [-0.2, 0) is 22.5 Å². The summed E-state index contributed by atoms with van der Waals surface area (Å²) in [6.07, 6.45) is 3.71. The number of ether oxygens (including phenoxy) is 1. The van der Waals surface area contributed by atoms with Crippen molar-refractivity contribution in [1.82, 2.24) is 10.2 Å². The smallest absolute Gasteiger partial charge is 0.216 e. The Hall–Kier alpha value is -2.17. The van der Waals surface area contributed by atoms with Crippen molar-refractivity contribution in [3.8, 4) is 11.1 Å². The van der Waals surface area contributed by atoms with Gasteiger partial charge in [0, 0.05) is 44.9 Å². The number of likely N-dealkylation sites (tertiary alicyclic amines) is 1. The van der Waals surface area contributed by atoms with Gasteiger partial charge in [-0.15, -0.1) is 0 Å². The molecule has 2 aromatic carbocycles. The van der Waals surface area contributed by atoms with E-state index in [9.17, 15) is 4.79 Å². The van der Waals surface area contributed by atoms with Gasteiger partial charge < -0.3 is 10.1 Å². The standard InChI is InChI=1S/C25H28N2O2/c1-16(28)26-12-22-23-14-27(15-25(23)9-8-24(22)29-25)13-17-6-7-21-19(10-17)11-18-4-2-3-5-20(18)21/h2-7,10,22-24H,8-9,11-15H2,1H3,(H,26,28)/t22-,23+,24+,25+/m0/s1. The Bertz CT molecular complexity index is 987. The van der Waals surface area contributed by atoms with E-state index in [0.29, 0.717) is 17.9 Å². The summed E-state index contributed by atoms with van der Waals surface area (Å²) >= 11 is 0. The third-order valence-corrected chi connectivity index (χ3v) is 7.71. The molecule has 29 heavy (non-hydrogen) atoms. The fraction of sp³-hybridized carbons (Fsp3) is 0.480. The molecular weight excluding hydrogens is 360 g/mol. The lowest BCUT2D eigenvalue weighted by Gasteiger charge is -2.29. The first-order valence-electron chi connectivity index (χ1n) is 11.0. The highest BCUT2D eigenvalue weighted by Gasteiger charge is 2.62. The van der Waals surface area contributed by atoms with Gasteiger partial charge in [-0.3, -0.25) is 9.69 Å². The molecule has 3 heterocycles. The predicted octanol–water partition coefficient (Wildman–Crippen LogP) is 3.37. The monoisotopic (exact) mass is 388 g/mol. The van der Waals surface area contributed by atoms with Gasteiger partial charge in [0.25, 0.3) is 0 Å². The molecule has 0 radical (unpaired) electrons. The molecule has 1 aliphatic carbocycles. The molecule has 3 saturated heterocycles. The van der Waals surface area contributed by atoms with Crippen molar-refractivity contribution in [1.29, 1.82) is 0 Å². The van der Waals surface area contributed by atoms with Crippen LogP contribution in [0.3, 0.4) is 0 Å². The van der Waals surface area contributed by atoms with Gasteiger partial charge in [-0.05, 0) is 47.1 Å². The molecule has 1 amide bonds. The number of amides is 1. The number of nitrogens with zero attached hydrogens (tertiary/aromatic N) is 1. The second-order valence-electron chi connectivity index (χ2n) is 9.46. The van der Waals surface area contributed by atoms with Crippen LogP contribution >= 0.6 is 0 Å². The summed E-state index contributed by atoms with van der Waals surface area (Å²) in [5, 5.41) is 3.05. The van der Waals surface area contributed by atoms with Crippen molar-refractivity contribution in [3.05, 3.63) is 59.2 Å². The summed E-state index contributed by atoms with van der Waals surface area (Å²) in [7, 11) is 0. The maximum Gasteiger partial charge on any atom is 0.216 e. The fourth-order valence-corrected chi connectivity index (χ4v) is 6.50. The molecule has 1 spiro atoms. The molecule has 4 aliphatic rings. The molecule has 3 fully saturated rings. The zero-order chi connectivity index (χ0) is 19.6. The minimum atomic E-state index is 0.0285. The SMILES string of the molecule is CC(=O)NC[C@H]1[C@H]2CN(Cc3ccc4c(c3)Cc3ccccc3-4)C[C@]23CC[C@H]1O3. The van der Waals surface area contributed by atoms with E-state index in [4.69, 9.17) is 4.74 Å². The van der Waals surface area contributed by atoms with Gasteiger partial charge in [0.05, 0.1) is 11.7 Å². The van der Waals surface area contributed by atoms with E-state index in [1.807, 2.05) is 0 Å². The zero-order valence-electron chi connectivity index (χ0n) is 17.0. The van der Waals surface area contributed by atoms with Crippen LogP contribution < -0.4 is 5.32 Å². The highest BCUT2D eigenvalue weighted by molar-refractivity contribution is 5.77. The van der Waals surface area contributed by atoms with Crippen LogP contribution in [0.4, 0.5) is 0 Å². The molecule has 2 bridgehead atoms. The third kappa shape index (κ3) is 2.77. The van der Waals surface area contributed by atoms with Crippen LogP contribution in [0.15, 0.2) is 42.5 Å². The molecule has 150 valence electrons. The van der Waals surface area contributed by atoms with Crippen molar-refractivity contribution in [3.63, 3.8) is 0 Å². The molecule has 0 saturated carbocycles. The largest absolute Gasteiger partial charge is 0.370 e. The van der Waals surface area contributed by atoms with Crippen molar-refractivity contribution in [2.75, 3.05) is 19.6 Å². The van der Waals surface area contributed by atoms with E-state index in [2.05, 4.69) is 52.7 Å². The van der Waals surface area contributed by atoms with Crippen molar-refractivity contribution in [2.45, 2.75) is 44.4 Å². The molecule has 4 heteroatoms. The Labute approximate surface area is 172 Å². The van der Waals surface area contributed by atoms with Gasteiger partial charge in [0.1, 0.15) is 0 Å². The maximum absolute atomic E-state index is 11.4. The Kier molecular flexibility index (Phi) is 3.91. The van der Waals surface area contributed by atoms with Crippen LogP contribution in [0, 0.1) is 11.8 Å². The fourth-order valence-electron chi connectivity index (χ4n) is 6.50. The van der Waals surface area contributed by atoms with Gasteiger partial charge in [-0.25, -0.2) is 0 Å². The summed E-state index contributed by atoms with van der Waals surface area (Å²) in [4.78, 5) is 14.0. The molecule has 1 N–H and O–H groups in total. The van der Waals surface area contributed by atoms with E-state index in [-0.39, 0.29) is 11.5 Å². The summed E-state index contributed by atoms with van der Waals surface area (Å²) in [6, 6.07) is 15.8. The molecular formula is C25H28N2O2. The molecule has 4 atom stereocenters. The second-order valence-corrected chi connectivity index (χ2v) is 9.46. The van der Waals surface area contributed by atoms with E-state index < -0.39 is 0 Å². The molecule has 0 unspecified atom stereocenters. The first-order valence-corrected chi connectivity index (χ1v) is 11.0. The van der Waals surface area contributed by atoms with Crippen LogP contribution in [-0.4, -0.2) is 42.1 Å². The highest BCUT2D eigenvalue weighted by Crippen LogP contribution is 2.54. The number of rotatable bonds is 4. The summed E-state index contributed by atoms with van der Waals surface area (Å²) < 4.78 is 6.52. The minimum Gasteiger partial charge on any atom is -0.370 e. The Balaban J connectivity index is 1.18. The van der Waals surface area contributed by atoms with E-state index >= 15 is 0 Å². The number of hydrogen-bond donors (Lipinski definition) is 1. The van der Waals surface area contributed by atoms with Crippen molar-refractivity contribution >= 4 is 5.91 Å². The number of carbonyl (C=O) groups excluding carboxylic acids is 1. The van der Waals surface area contributed by atoms with Crippen LogP contribution in [0.5, 0.6) is 0 Å². The van der Waals surface area contributed by atoms with E-state index in [0.717, 1.165) is 39.0 Å². The summed E-state index contributed by atoms with van der Waals surface area (Å²) in [5.74, 6) is 1.08.